The first-order valence-corrected chi connectivity index (χ1v) is 6.18. The highest BCUT2D eigenvalue weighted by molar-refractivity contribution is 5.81. The molecule has 0 spiro atoms. The van der Waals surface area contributed by atoms with E-state index in [-0.39, 0.29) is 0 Å². The molecule has 0 amide bonds. The summed E-state index contributed by atoms with van der Waals surface area (Å²) in [6.07, 6.45) is 5.26. The van der Waals surface area contributed by atoms with Gasteiger partial charge in [0.1, 0.15) is 0 Å². The molecule has 0 saturated heterocycles. The predicted octanol–water partition coefficient (Wildman–Crippen LogP) is 2.53. The van der Waals surface area contributed by atoms with Gasteiger partial charge < -0.3 is 11.1 Å². The van der Waals surface area contributed by atoms with Crippen molar-refractivity contribution in [3.8, 4) is 0 Å². The second-order valence-electron chi connectivity index (χ2n) is 4.83. The summed E-state index contributed by atoms with van der Waals surface area (Å²) in [7, 11) is 0. The van der Waals surface area contributed by atoms with Crippen molar-refractivity contribution in [2.75, 3.05) is 5.32 Å². The molecule has 0 bridgehead atoms. The smallest absolute Gasteiger partial charge is 0.0703 e. The molecule has 1 fully saturated rings. The van der Waals surface area contributed by atoms with Gasteiger partial charge in [-0.3, -0.25) is 4.98 Å². The van der Waals surface area contributed by atoms with Crippen LogP contribution < -0.4 is 11.1 Å². The molecule has 3 nitrogen and oxygen atoms in total. The second-order valence-corrected chi connectivity index (χ2v) is 4.83. The van der Waals surface area contributed by atoms with Crippen LogP contribution in [0.25, 0.3) is 10.9 Å². The van der Waals surface area contributed by atoms with Crippen molar-refractivity contribution >= 4 is 16.6 Å². The monoisotopic (exact) mass is 227 g/mol. The number of benzene rings is 1. The van der Waals surface area contributed by atoms with Crippen molar-refractivity contribution in [1.82, 2.24) is 4.98 Å². The molecule has 0 aliphatic heterocycles. The number of aromatic nitrogens is 1. The predicted molar refractivity (Wildman–Crippen MR) is 71.0 cm³/mol. The average molecular weight is 227 g/mol. The number of anilines is 1. The summed E-state index contributed by atoms with van der Waals surface area (Å²) >= 11 is 0. The van der Waals surface area contributed by atoms with E-state index in [1.807, 2.05) is 24.4 Å². The minimum Gasteiger partial charge on any atom is -0.381 e. The van der Waals surface area contributed by atoms with Crippen LogP contribution in [0.3, 0.4) is 0 Å². The first-order valence-electron chi connectivity index (χ1n) is 6.18. The Balaban J connectivity index is 1.81. The van der Waals surface area contributed by atoms with Crippen LogP contribution in [-0.2, 0) is 0 Å². The molecule has 1 saturated carbocycles. The average Bonchev–Trinajstić information content (AvgIpc) is 2.75. The van der Waals surface area contributed by atoms with Gasteiger partial charge in [-0.05, 0) is 31.4 Å². The topological polar surface area (TPSA) is 50.9 Å². The van der Waals surface area contributed by atoms with Crippen LogP contribution in [0.1, 0.15) is 19.3 Å². The summed E-state index contributed by atoms with van der Waals surface area (Å²) < 4.78 is 0. The molecule has 3 heteroatoms. The largest absolute Gasteiger partial charge is 0.381 e. The van der Waals surface area contributed by atoms with Gasteiger partial charge in [-0.25, -0.2) is 0 Å². The lowest BCUT2D eigenvalue weighted by atomic mass is 10.2. The first-order chi connectivity index (χ1) is 8.31. The van der Waals surface area contributed by atoms with Gasteiger partial charge in [0.05, 0.1) is 17.4 Å². The van der Waals surface area contributed by atoms with Crippen LogP contribution in [0.5, 0.6) is 0 Å². The lowest BCUT2D eigenvalue weighted by molar-refractivity contribution is 0.688. The number of nitrogens with zero attached hydrogens (tertiary/aromatic N) is 1. The van der Waals surface area contributed by atoms with E-state index in [1.165, 1.54) is 5.39 Å². The van der Waals surface area contributed by atoms with E-state index < -0.39 is 0 Å². The summed E-state index contributed by atoms with van der Waals surface area (Å²) in [5.74, 6) is 0. The maximum absolute atomic E-state index is 5.91. The Morgan fingerprint density at radius 2 is 2.12 bits per heavy atom. The standard InChI is InChI=1S/C14H17N3/c15-11-5-6-12(8-11)17-13-7-10-3-1-2-4-14(10)16-9-13/h1-4,7,9,11-12,17H,5-6,8,15H2. The third-order valence-electron chi connectivity index (χ3n) is 3.43. The number of nitrogens with one attached hydrogen (secondary N) is 1. The zero-order valence-corrected chi connectivity index (χ0v) is 9.76. The second kappa shape index (κ2) is 4.34. The Morgan fingerprint density at radius 3 is 2.94 bits per heavy atom. The lowest BCUT2D eigenvalue weighted by Gasteiger charge is -2.13. The van der Waals surface area contributed by atoms with Gasteiger partial charge in [0, 0.05) is 17.5 Å². The molecule has 1 aromatic heterocycles. The molecule has 2 atom stereocenters. The number of hydrogen-bond acceptors (Lipinski definition) is 3. The fourth-order valence-electron chi connectivity index (χ4n) is 2.53. The summed E-state index contributed by atoms with van der Waals surface area (Å²) in [6.45, 7) is 0. The third kappa shape index (κ3) is 2.24. The third-order valence-corrected chi connectivity index (χ3v) is 3.43. The maximum Gasteiger partial charge on any atom is 0.0703 e. The van der Waals surface area contributed by atoms with Crippen molar-refractivity contribution < 1.29 is 0 Å². The minimum absolute atomic E-state index is 0.362. The lowest BCUT2D eigenvalue weighted by Crippen LogP contribution is -2.20. The molecular weight excluding hydrogens is 210 g/mol. The van der Waals surface area contributed by atoms with Crippen molar-refractivity contribution in [3.05, 3.63) is 36.5 Å². The highest BCUT2D eigenvalue weighted by atomic mass is 14.9. The van der Waals surface area contributed by atoms with E-state index in [1.54, 1.807) is 0 Å². The highest BCUT2D eigenvalue weighted by Crippen LogP contribution is 2.23. The van der Waals surface area contributed by atoms with Gasteiger partial charge >= 0.3 is 0 Å². The molecule has 1 aromatic carbocycles. The number of pyridine rings is 1. The Morgan fingerprint density at radius 1 is 1.24 bits per heavy atom. The fraction of sp³-hybridized carbons (Fsp3) is 0.357. The Hall–Kier alpha value is -1.61. The van der Waals surface area contributed by atoms with Crippen LogP contribution in [0.4, 0.5) is 5.69 Å². The van der Waals surface area contributed by atoms with Crippen LogP contribution in [0.15, 0.2) is 36.5 Å². The molecule has 3 rings (SSSR count). The van der Waals surface area contributed by atoms with E-state index in [2.05, 4.69) is 22.4 Å². The van der Waals surface area contributed by atoms with Gasteiger partial charge in [0.15, 0.2) is 0 Å². The maximum atomic E-state index is 5.91. The van der Waals surface area contributed by atoms with E-state index in [0.29, 0.717) is 12.1 Å². The molecule has 1 heterocycles. The summed E-state index contributed by atoms with van der Waals surface area (Å²) in [5, 5.41) is 4.70. The molecular formula is C14H17N3. The number of para-hydroxylation sites is 1. The van der Waals surface area contributed by atoms with Crippen LogP contribution in [0, 0.1) is 0 Å². The van der Waals surface area contributed by atoms with Crippen molar-refractivity contribution in [2.24, 2.45) is 5.73 Å². The summed E-state index contributed by atoms with van der Waals surface area (Å²) in [4.78, 5) is 4.45. The summed E-state index contributed by atoms with van der Waals surface area (Å²) in [5.41, 5.74) is 8.06. The number of fused-ring (bicyclic) bond motifs is 1. The number of rotatable bonds is 2. The van der Waals surface area contributed by atoms with E-state index in [4.69, 9.17) is 5.73 Å². The molecule has 17 heavy (non-hydrogen) atoms. The van der Waals surface area contributed by atoms with E-state index >= 15 is 0 Å². The number of nitrogens with two attached hydrogens (primary N) is 1. The van der Waals surface area contributed by atoms with Crippen molar-refractivity contribution in [2.45, 2.75) is 31.3 Å². The minimum atomic E-state index is 0.362. The van der Waals surface area contributed by atoms with Gasteiger partial charge in [-0.2, -0.15) is 0 Å². The molecule has 1 aliphatic rings. The van der Waals surface area contributed by atoms with Crippen LogP contribution in [-0.4, -0.2) is 17.1 Å². The van der Waals surface area contributed by atoms with Gasteiger partial charge in [0.25, 0.3) is 0 Å². The molecule has 2 unspecified atom stereocenters. The zero-order valence-electron chi connectivity index (χ0n) is 9.76. The SMILES string of the molecule is NC1CCC(Nc2cnc3ccccc3c2)C1. The molecule has 88 valence electrons. The van der Waals surface area contributed by atoms with Gasteiger partial charge in [0.2, 0.25) is 0 Å². The molecule has 1 aliphatic carbocycles. The quantitative estimate of drug-likeness (QED) is 0.829. The zero-order chi connectivity index (χ0) is 11.7. The van der Waals surface area contributed by atoms with Crippen LogP contribution >= 0.6 is 0 Å². The highest BCUT2D eigenvalue weighted by Gasteiger charge is 2.21. The molecule has 0 radical (unpaired) electrons. The van der Waals surface area contributed by atoms with Crippen molar-refractivity contribution in [1.29, 1.82) is 0 Å². The molecule has 3 N–H and O–H groups in total. The summed E-state index contributed by atoms with van der Waals surface area (Å²) in [6, 6.07) is 11.2. The van der Waals surface area contributed by atoms with Gasteiger partial charge in [-0.15, -0.1) is 0 Å². The van der Waals surface area contributed by atoms with Gasteiger partial charge in [-0.1, -0.05) is 18.2 Å². The molecule has 2 aromatic rings. The number of hydrogen-bond donors (Lipinski definition) is 2. The van der Waals surface area contributed by atoms with E-state index in [0.717, 1.165) is 30.5 Å². The Bertz CT molecular complexity index is 524. The van der Waals surface area contributed by atoms with E-state index in [9.17, 15) is 0 Å². The first kappa shape index (κ1) is 10.5. The Kier molecular flexibility index (Phi) is 2.69. The fourth-order valence-corrected chi connectivity index (χ4v) is 2.53. The van der Waals surface area contributed by atoms with Crippen LogP contribution in [0.2, 0.25) is 0 Å². The van der Waals surface area contributed by atoms with Crippen molar-refractivity contribution in [3.63, 3.8) is 0 Å². The Labute approximate surface area is 101 Å². The normalized spacial score (nSPS) is 24.1.